The summed E-state index contributed by atoms with van der Waals surface area (Å²) >= 11 is 5.89. The van der Waals surface area contributed by atoms with Crippen molar-refractivity contribution in [3.8, 4) is 0 Å². The van der Waals surface area contributed by atoms with E-state index in [4.69, 9.17) is 16.6 Å². The monoisotopic (exact) mass is 414 g/mol. The van der Waals surface area contributed by atoms with Gasteiger partial charge in [0.15, 0.2) is 5.82 Å². The van der Waals surface area contributed by atoms with E-state index in [1.165, 1.54) is 18.9 Å². The first-order valence-electron chi connectivity index (χ1n) is 9.91. The summed E-state index contributed by atoms with van der Waals surface area (Å²) < 4.78 is 13.4. The van der Waals surface area contributed by atoms with Gasteiger partial charge >= 0.3 is 0 Å². The fourth-order valence-corrected chi connectivity index (χ4v) is 3.94. The summed E-state index contributed by atoms with van der Waals surface area (Å²) in [6.45, 7) is 2.14. The molecule has 1 saturated carbocycles. The normalized spacial score (nSPS) is 16.3. The van der Waals surface area contributed by atoms with E-state index in [-0.39, 0.29) is 5.02 Å². The van der Waals surface area contributed by atoms with Crippen molar-refractivity contribution in [2.45, 2.75) is 32.1 Å². The van der Waals surface area contributed by atoms with Gasteiger partial charge in [0.25, 0.3) is 0 Å². The summed E-state index contributed by atoms with van der Waals surface area (Å²) in [6.07, 6.45) is 6.34. The molecule has 0 spiro atoms. The molecule has 1 N–H and O–H groups in total. The Morgan fingerprint density at radius 2 is 2.17 bits per heavy atom. The predicted molar refractivity (Wildman–Crippen MR) is 113 cm³/mol. The smallest absolute Gasteiger partial charge is 0.155 e. The molecule has 2 aromatic rings. The number of rotatable bonds is 8. The van der Waals surface area contributed by atoms with Crippen molar-refractivity contribution < 1.29 is 9.60 Å². The molecule has 29 heavy (non-hydrogen) atoms. The minimum absolute atomic E-state index is 0.0562. The minimum atomic E-state index is -0.465. The maximum Gasteiger partial charge on any atom is 0.155 e. The van der Waals surface area contributed by atoms with Gasteiger partial charge < -0.3 is 10.1 Å². The van der Waals surface area contributed by atoms with Crippen LogP contribution in [0.4, 0.5) is 10.2 Å². The molecule has 0 amide bonds. The van der Waals surface area contributed by atoms with Crippen LogP contribution in [0.3, 0.4) is 0 Å². The van der Waals surface area contributed by atoms with Crippen LogP contribution in [0.2, 0.25) is 5.02 Å². The van der Waals surface area contributed by atoms with Gasteiger partial charge in [0.2, 0.25) is 0 Å². The molecule has 0 bridgehead atoms. The number of fused-ring (bicyclic) bond motifs is 1. The number of nitrogens with zero attached hydrogens (tertiary/aromatic N) is 4. The standard InChI is InChI=1S/C22H24ClFN4O/c1-28(13-14-2-3-14)9-7-16-12-18-17(6-8-25-22(18)26-16)21(27-29)11-15-4-5-20(24)19(23)10-15/h4-6,8,10,14,29H,2-3,7,9,11-13H2,1H3/b27-21+. The number of aromatic nitrogens is 1. The molecule has 0 atom stereocenters. The van der Waals surface area contributed by atoms with E-state index in [1.807, 2.05) is 6.07 Å². The van der Waals surface area contributed by atoms with E-state index in [9.17, 15) is 9.60 Å². The summed E-state index contributed by atoms with van der Waals surface area (Å²) in [4.78, 5) is 11.5. The Kier molecular flexibility index (Phi) is 5.92. The quantitative estimate of drug-likeness (QED) is 0.388. The first-order valence-corrected chi connectivity index (χ1v) is 10.3. The predicted octanol–water partition coefficient (Wildman–Crippen LogP) is 4.66. The molecule has 1 aliphatic carbocycles. The van der Waals surface area contributed by atoms with Crippen LogP contribution in [0.1, 0.15) is 36.0 Å². The zero-order valence-electron chi connectivity index (χ0n) is 16.4. The van der Waals surface area contributed by atoms with Gasteiger partial charge in [-0.3, -0.25) is 0 Å². The van der Waals surface area contributed by atoms with Crippen LogP contribution >= 0.6 is 11.6 Å². The Hall–Kier alpha value is -2.31. The molecular weight excluding hydrogens is 391 g/mol. The van der Waals surface area contributed by atoms with Crippen LogP contribution in [0.15, 0.2) is 40.6 Å². The third-order valence-electron chi connectivity index (χ3n) is 5.51. The van der Waals surface area contributed by atoms with Crippen LogP contribution in [-0.4, -0.2) is 46.7 Å². The molecular formula is C22H24ClFN4O. The zero-order chi connectivity index (χ0) is 20.4. The van der Waals surface area contributed by atoms with Crippen molar-refractivity contribution in [1.29, 1.82) is 0 Å². The van der Waals surface area contributed by atoms with Crippen LogP contribution in [0.5, 0.6) is 0 Å². The number of hydrogen-bond acceptors (Lipinski definition) is 5. The van der Waals surface area contributed by atoms with E-state index in [0.29, 0.717) is 24.4 Å². The largest absolute Gasteiger partial charge is 0.411 e. The van der Waals surface area contributed by atoms with Crippen molar-refractivity contribution >= 4 is 28.8 Å². The van der Waals surface area contributed by atoms with Gasteiger partial charge in [-0.25, -0.2) is 14.4 Å². The molecule has 1 fully saturated rings. The highest BCUT2D eigenvalue weighted by molar-refractivity contribution is 6.30. The highest BCUT2D eigenvalue weighted by Crippen LogP contribution is 2.31. The number of oxime groups is 1. The second-order valence-corrected chi connectivity index (χ2v) is 8.35. The van der Waals surface area contributed by atoms with E-state index in [2.05, 4.69) is 22.1 Å². The molecule has 7 heteroatoms. The lowest BCUT2D eigenvalue weighted by atomic mass is 9.96. The van der Waals surface area contributed by atoms with E-state index < -0.39 is 5.82 Å². The lowest BCUT2D eigenvalue weighted by Gasteiger charge is -2.15. The third kappa shape index (κ3) is 4.82. The first kappa shape index (κ1) is 20.0. The molecule has 2 heterocycles. The van der Waals surface area contributed by atoms with Gasteiger partial charge in [-0.2, -0.15) is 0 Å². The molecule has 0 saturated heterocycles. The Bertz CT molecular complexity index is 971. The lowest BCUT2D eigenvalue weighted by Crippen LogP contribution is -2.24. The number of benzene rings is 1. The molecule has 0 unspecified atom stereocenters. The van der Waals surface area contributed by atoms with Crippen LogP contribution in [0.25, 0.3) is 0 Å². The molecule has 152 valence electrons. The second-order valence-electron chi connectivity index (χ2n) is 7.94. The number of pyridine rings is 1. The maximum absolute atomic E-state index is 13.4. The van der Waals surface area contributed by atoms with Gasteiger partial charge in [0.05, 0.1) is 10.7 Å². The summed E-state index contributed by atoms with van der Waals surface area (Å²) in [5, 5.41) is 13.2. The summed E-state index contributed by atoms with van der Waals surface area (Å²) in [7, 11) is 2.16. The van der Waals surface area contributed by atoms with Gasteiger partial charge in [-0.05, 0) is 56.0 Å². The number of hydrogen-bond donors (Lipinski definition) is 1. The minimum Gasteiger partial charge on any atom is -0.411 e. The van der Waals surface area contributed by atoms with E-state index >= 15 is 0 Å². The van der Waals surface area contributed by atoms with Gasteiger partial charge in [-0.1, -0.05) is 22.8 Å². The van der Waals surface area contributed by atoms with Crippen LogP contribution < -0.4 is 0 Å². The Morgan fingerprint density at radius 1 is 1.34 bits per heavy atom. The molecule has 0 radical (unpaired) electrons. The Morgan fingerprint density at radius 3 is 2.90 bits per heavy atom. The van der Waals surface area contributed by atoms with Crippen molar-refractivity contribution in [2.75, 3.05) is 20.1 Å². The van der Waals surface area contributed by atoms with Gasteiger partial charge in [0.1, 0.15) is 5.82 Å². The zero-order valence-corrected chi connectivity index (χ0v) is 17.2. The molecule has 2 aliphatic rings. The number of halogens is 2. The highest BCUT2D eigenvalue weighted by atomic mass is 35.5. The topological polar surface area (TPSA) is 61.1 Å². The van der Waals surface area contributed by atoms with Crippen LogP contribution in [-0.2, 0) is 12.8 Å². The van der Waals surface area contributed by atoms with Crippen LogP contribution in [0, 0.1) is 11.7 Å². The number of aliphatic imine (C=N–C) groups is 1. The van der Waals surface area contributed by atoms with Crippen molar-refractivity contribution in [2.24, 2.45) is 16.1 Å². The molecule has 5 nitrogen and oxygen atoms in total. The van der Waals surface area contributed by atoms with E-state index in [1.54, 1.807) is 18.3 Å². The van der Waals surface area contributed by atoms with Crippen molar-refractivity contribution in [3.63, 3.8) is 0 Å². The van der Waals surface area contributed by atoms with Gasteiger partial charge in [0, 0.05) is 49.0 Å². The molecule has 4 rings (SSSR count). The summed E-state index contributed by atoms with van der Waals surface area (Å²) in [6, 6.07) is 6.37. The van der Waals surface area contributed by atoms with Crippen molar-refractivity contribution in [1.82, 2.24) is 9.88 Å². The second kappa shape index (κ2) is 8.59. The maximum atomic E-state index is 13.4. The molecule has 1 aromatic heterocycles. The Balaban J connectivity index is 1.45. The Labute approximate surface area is 174 Å². The fourth-order valence-electron chi connectivity index (χ4n) is 3.74. The fraction of sp³-hybridized carbons (Fsp3) is 0.409. The van der Waals surface area contributed by atoms with Gasteiger partial charge in [-0.15, -0.1) is 0 Å². The average molecular weight is 415 g/mol. The SMILES string of the molecule is CN(CCC1=Nc2nccc(/C(Cc3ccc(F)c(Cl)c3)=N/O)c2C1)CC1CC1. The summed E-state index contributed by atoms with van der Waals surface area (Å²) in [5.41, 5.74) is 4.17. The lowest BCUT2D eigenvalue weighted by molar-refractivity contribution is 0.318. The molecule has 1 aliphatic heterocycles. The summed E-state index contributed by atoms with van der Waals surface area (Å²) in [5.74, 6) is 1.10. The third-order valence-corrected chi connectivity index (χ3v) is 5.80. The average Bonchev–Trinajstić information content (AvgIpc) is 3.42. The first-order chi connectivity index (χ1) is 14.0. The van der Waals surface area contributed by atoms with E-state index in [0.717, 1.165) is 47.8 Å². The highest BCUT2D eigenvalue weighted by Gasteiger charge is 2.25. The molecule has 1 aromatic carbocycles. The van der Waals surface area contributed by atoms with Crippen molar-refractivity contribution in [3.05, 3.63) is 58.0 Å².